The number of amides is 2. The van der Waals surface area contributed by atoms with Crippen molar-refractivity contribution in [1.29, 1.82) is 0 Å². The molecule has 0 unspecified atom stereocenters. The highest BCUT2D eigenvalue weighted by Gasteiger charge is 2.15. The highest BCUT2D eigenvalue weighted by Crippen LogP contribution is 2.23. The summed E-state index contributed by atoms with van der Waals surface area (Å²) in [5.41, 5.74) is 0. The van der Waals surface area contributed by atoms with Gasteiger partial charge < -0.3 is 15.7 Å². The molecule has 1 aliphatic rings. The monoisotopic (exact) mass is 256 g/mol. The zero-order chi connectivity index (χ0) is 13.2. The minimum absolute atomic E-state index is 0.0971. The third kappa shape index (κ3) is 7.14. The molecule has 0 aliphatic heterocycles. The molecule has 1 fully saturated rings. The molecule has 0 heterocycles. The summed E-state index contributed by atoms with van der Waals surface area (Å²) >= 11 is 0. The molecular weight excluding hydrogens is 232 g/mol. The van der Waals surface area contributed by atoms with E-state index >= 15 is 0 Å². The number of rotatable bonds is 8. The lowest BCUT2D eigenvalue weighted by atomic mass is 10.1. The lowest BCUT2D eigenvalue weighted by molar-refractivity contribution is -0.137. The maximum absolute atomic E-state index is 11.4. The summed E-state index contributed by atoms with van der Waals surface area (Å²) in [4.78, 5) is 21.7. The molecule has 5 heteroatoms. The summed E-state index contributed by atoms with van der Waals surface area (Å²) in [6.07, 6.45) is 7.62. The number of urea groups is 1. The number of nitrogens with one attached hydrogen (secondary N) is 2. The second-order valence-electron chi connectivity index (χ2n) is 4.99. The van der Waals surface area contributed by atoms with Gasteiger partial charge in [-0.1, -0.05) is 19.3 Å². The number of unbranched alkanes of at least 4 members (excludes halogenated alkanes) is 2. The molecule has 104 valence electrons. The van der Waals surface area contributed by atoms with E-state index in [4.69, 9.17) is 5.11 Å². The van der Waals surface area contributed by atoms with Gasteiger partial charge in [-0.3, -0.25) is 4.79 Å². The van der Waals surface area contributed by atoms with Gasteiger partial charge in [0.1, 0.15) is 0 Å². The second-order valence-corrected chi connectivity index (χ2v) is 4.99. The normalized spacial score (nSPS) is 15.6. The van der Waals surface area contributed by atoms with Crippen molar-refractivity contribution in [3.8, 4) is 0 Å². The summed E-state index contributed by atoms with van der Waals surface area (Å²) in [5.74, 6) is -0.0939. The molecule has 0 aromatic rings. The van der Waals surface area contributed by atoms with Crippen molar-refractivity contribution in [1.82, 2.24) is 10.6 Å². The Labute approximate surface area is 108 Å². The third-order valence-corrected chi connectivity index (χ3v) is 3.38. The van der Waals surface area contributed by atoms with E-state index in [1.807, 2.05) is 0 Å². The van der Waals surface area contributed by atoms with Gasteiger partial charge in [0.25, 0.3) is 0 Å². The van der Waals surface area contributed by atoms with E-state index in [-0.39, 0.29) is 12.5 Å². The average molecular weight is 256 g/mol. The van der Waals surface area contributed by atoms with Gasteiger partial charge in [-0.05, 0) is 31.6 Å². The number of hydrogen-bond acceptors (Lipinski definition) is 2. The van der Waals surface area contributed by atoms with Crippen LogP contribution in [-0.4, -0.2) is 30.2 Å². The fraction of sp³-hybridized carbons (Fsp3) is 0.846. The van der Waals surface area contributed by atoms with Crippen LogP contribution in [0.15, 0.2) is 0 Å². The minimum Gasteiger partial charge on any atom is -0.481 e. The van der Waals surface area contributed by atoms with Gasteiger partial charge >= 0.3 is 12.0 Å². The molecule has 1 rings (SSSR count). The van der Waals surface area contributed by atoms with Crippen LogP contribution >= 0.6 is 0 Å². The van der Waals surface area contributed by atoms with Gasteiger partial charge in [0, 0.05) is 19.5 Å². The Bertz CT molecular complexity index is 263. The fourth-order valence-corrected chi connectivity index (χ4v) is 2.29. The van der Waals surface area contributed by atoms with Crippen LogP contribution in [0, 0.1) is 5.92 Å². The lowest BCUT2D eigenvalue weighted by Gasteiger charge is -2.11. The standard InChI is InChI=1S/C13H24N2O3/c16-12(17)8-2-1-5-9-14-13(18)15-10-11-6-3-4-7-11/h11H,1-10H2,(H,16,17)(H2,14,15,18). The van der Waals surface area contributed by atoms with Crippen LogP contribution in [0.25, 0.3) is 0 Å². The molecule has 0 atom stereocenters. The summed E-state index contributed by atoms with van der Waals surface area (Å²) < 4.78 is 0. The molecule has 0 bridgehead atoms. The van der Waals surface area contributed by atoms with Crippen LogP contribution in [0.3, 0.4) is 0 Å². The van der Waals surface area contributed by atoms with Gasteiger partial charge in [0.2, 0.25) is 0 Å². The Morgan fingerprint density at radius 3 is 2.44 bits per heavy atom. The van der Waals surface area contributed by atoms with Crippen molar-refractivity contribution in [2.24, 2.45) is 5.92 Å². The van der Waals surface area contributed by atoms with Crippen LogP contribution in [0.1, 0.15) is 51.4 Å². The first-order chi connectivity index (χ1) is 8.68. The molecule has 5 nitrogen and oxygen atoms in total. The number of hydrogen-bond donors (Lipinski definition) is 3. The maximum Gasteiger partial charge on any atom is 0.314 e. The Hall–Kier alpha value is -1.26. The van der Waals surface area contributed by atoms with Crippen molar-refractivity contribution in [2.45, 2.75) is 51.4 Å². The first-order valence-electron chi connectivity index (χ1n) is 6.92. The molecule has 2 amide bonds. The molecular formula is C13H24N2O3. The van der Waals surface area contributed by atoms with Crippen molar-refractivity contribution in [3.05, 3.63) is 0 Å². The van der Waals surface area contributed by atoms with Crippen LogP contribution in [0.2, 0.25) is 0 Å². The zero-order valence-electron chi connectivity index (χ0n) is 10.9. The van der Waals surface area contributed by atoms with Gasteiger partial charge in [-0.15, -0.1) is 0 Å². The van der Waals surface area contributed by atoms with Crippen LogP contribution < -0.4 is 10.6 Å². The second kappa shape index (κ2) is 8.78. The first kappa shape index (κ1) is 14.8. The summed E-state index contributed by atoms with van der Waals surface area (Å²) in [6, 6.07) is -0.0971. The number of carbonyl (C=O) groups is 2. The van der Waals surface area contributed by atoms with Crippen molar-refractivity contribution < 1.29 is 14.7 Å². The predicted octanol–water partition coefficient (Wildman–Crippen LogP) is 2.12. The summed E-state index contributed by atoms with van der Waals surface area (Å²) in [7, 11) is 0. The molecule has 0 radical (unpaired) electrons. The highest BCUT2D eigenvalue weighted by atomic mass is 16.4. The Balaban J connectivity index is 1.88. The lowest BCUT2D eigenvalue weighted by Crippen LogP contribution is -2.38. The van der Waals surface area contributed by atoms with Gasteiger partial charge in [0.15, 0.2) is 0 Å². The highest BCUT2D eigenvalue weighted by molar-refractivity contribution is 5.73. The van der Waals surface area contributed by atoms with E-state index in [2.05, 4.69) is 10.6 Å². The molecule has 0 spiro atoms. The van der Waals surface area contributed by atoms with E-state index in [0.717, 1.165) is 19.4 Å². The van der Waals surface area contributed by atoms with E-state index in [1.165, 1.54) is 25.7 Å². The molecule has 3 N–H and O–H groups in total. The zero-order valence-corrected chi connectivity index (χ0v) is 10.9. The van der Waals surface area contributed by atoms with Crippen molar-refractivity contribution in [3.63, 3.8) is 0 Å². The largest absolute Gasteiger partial charge is 0.481 e. The predicted molar refractivity (Wildman–Crippen MR) is 69.5 cm³/mol. The van der Waals surface area contributed by atoms with E-state index < -0.39 is 5.97 Å². The quantitative estimate of drug-likeness (QED) is 0.582. The number of carbonyl (C=O) groups excluding carboxylic acids is 1. The third-order valence-electron chi connectivity index (χ3n) is 3.38. The summed E-state index contributed by atoms with van der Waals surface area (Å²) in [5, 5.41) is 14.1. The van der Waals surface area contributed by atoms with Gasteiger partial charge in [-0.2, -0.15) is 0 Å². The first-order valence-corrected chi connectivity index (χ1v) is 6.92. The van der Waals surface area contributed by atoms with E-state index in [9.17, 15) is 9.59 Å². The Morgan fingerprint density at radius 1 is 1.06 bits per heavy atom. The average Bonchev–Trinajstić information content (AvgIpc) is 2.83. The molecule has 0 saturated heterocycles. The molecule has 1 saturated carbocycles. The Kier molecular flexibility index (Phi) is 7.22. The smallest absolute Gasteiger partial charge is 0.314 e. The topological polar surface area (TPSA) is 78.4 Å². The van der Waals surface area contributed by atoms with Crippen LogP contribution in [-0.2, 0) is 4.79 Å². The van der Waals surface area contributed by atoms with Gasteiger partial charge in [-0.25, -0.2) is 4.79 Å². The molecule has 0 aromatic heterocycles. The van der Waals surface area contributed by atoms with E-state index in [1.54, 1.807) is 0 Å². The van der Waals surface area contributed by atoms with Crippen LogP contribution in [0.5, 0.6) is 0 Å². The SMILES string of the molecule is O=C(O)CCCCCNC(=O)NCC1CCCC1. The van der Waals surface area contributed by atoms with Crippen LogP contribution in [0.4, 0.5) is 4.79 Å². The number of carboxylic acid groups (broad SMARTS) is 1. The minimum atomic E-state index is -0.753. The van der Waals surface area contributed by atoms with Gasteiger partial charge in [0.05, 0.1) is 0 Å². The Morgan fingerprint density at radius 2 is 1.78 bits per heavy atom. The van der Waals surface area contributed by atoms with Crippen molar-refractivity contribution in [2.75, 3.05) is 13.1 Å². The fourth-order valence-electron chi connectivity index (χ4n) is 2.29. The summed E-state index contributed by atoms with van der Waals surface area (Å²) in [6.45, 7) is 1.40. The number of aliphatic carboxylic acids is 1. The van der Waals surface area contributed by atoms with E-state index in [0.29, 0.717) is 18.9 Å². The molecule has 0 aromatic carbocycles. The van der Waals surface area contributed by atoms with Crippen molar-refractivity contribution >= 4 is 12.0 Å². The molecule has 1 aliphatic carbocycles. The molecule has 18 heavy (non-hydrogen) atoms. The number of carboxylic acids is 1. The maximum atomic E-state index is 11.4.